The van der Waals surface area contributed by atoms with E-state index in [9.17, 15) is 5.11 Å². The van der Waals surface area contributed by atoms with Gasteiger partial charge in [0, 0.05) is 21.5 Å². The molecular formula is C13H12INO. The third kappa shape index (κ3) is 2.41. The first-order valence-electron chi connectivity index (χ1n) is 5.02. The van der Waals surface area contributed by atoms with Crippen molar-refractivity contribution in [1.82, 2.24) is 4.98 Å². The van der Waals surface area contributed by atoms with Crippen molar-refractivity contribution >= 4 is 22.6 Å². The Morgan fingerprint density at radius 1 is 1.25 bits per heavy atom. The number of aliphatic hydroxyl groups excluding tert-OH is 1. The molecule has 0 fully saturated rings. The molecule has 0 bridgehead atoms. The molecule has 0 aliphatic heterocycles. The van der Waals surface area contributed by atoms with Crippen molar-refractivity contribution in [2.75, 3.05) is 0 Å². The van der Waals surface area contributed by atoms with Gasteiger partial charge in [-0.1, -0.05) is 24.3 Å². The molecule has 0 amide bonds. The molecule has 1 unspecified atom stereocenters. The van der Waals surface area contributed by atoms with Crippen LogP contribution in [0.25, 0.3) is 0 Å². The molecule has 82 valence electrons. The second-order valence-electron chi connectivity index (χ2n) is 3.72. The standard InChI is InChI=1S/C13H12INO/c1-9-6-10(8-15-7-9)13(16)11-4-2-3-5-12(11)14/h2-8,13,16H,1H3. The highest BCUT2D eigenvalue weighted by molar-refractivity contribution is 14.1. The molecule has 1 N–H and O–H groups in total. The average Bonchev–Trinajstić information content (AvgIpc) is 2.29. The van der Waals surface area contributed by atoms with Crippen LogP contribution < -0.4 is 0 Å². The Hall–Kier alpha value is -0.940. The van der Waals surface area contributed by atoms with E-state index in [0.717, 1.165) is 20.3 Å². The largest absolute Gasteiger partial charge is 0.384 e. The molecule has 1 atom stereocenters. The van der Waals surface area contributed by atoms with Gasteiger partial charge in [-0.15, -0.1) is 0 Å². The van der Waals surface area contributed by atoms with Crippen molar-refractivity contribution in [2.24, 2.45) is 0 Å². The number of rotatable bonds is 2. The minimum Gasteiger partial charge on any atom is -0.384 e. The number of halogens is 1. The Morgan fingerprint density at radius 2 is 2.00 bits per heavy atom. The molecule has 1 aromatic heterocycles. The van der Waals surface area contributed by atoms with Crippen molar-refractivity contribution in [3.63, 3.8) is 0 Å². The minimum atomic E-state index is -0.597. The fraction of sp³-hybridized carbons (Fsp3) is 0.154. The lowest BCUT2D eigenvalue weighted by Crippen LogP contribution is -2.02. The molecule has 0 aliphatic rings. The van der Waals surface area contributed by atoms with Crippen LogP contribution in [0, 0.1) is 10.5 Å². The summed E-state index contributed by atoms with van der Waals surface area (Å²) < 4.78 is 1.06. The fourth-order valence-electron chi connectivity index (χ4n) is 1.60. The van der Waals surface area contributed by atoms with Crippen LogP contribution in [0.2, 0.25) is 0 Å². The molecule has 0 radical (unpaired) electrons. The molecule has 2 aromatic rings. The molecule has 0 saturated carbocycles. The molecule has 1 aromatic carbocycles. The van der Waals surface area contributed by atoms with Crippen LogP contribution in [0.3, 0.4) is 0 Å². The maximum atomic E-state index is 10.3. The highest BCUT2D eigenvalue weighted by Crippen LogP contribution is 2.25. The first-order chi connectivity index (χ1) is 7.68. The smallest absolute Gasteiger partial charge is 0.107 e. The van der Waals surface area contributed by atoms with Crippen LogP contribution in [-0.4, -0.2) is 10.1 Å². The maximum absolute atomic E-state index is 10.3. The van der Waals surface area contributed by atoms with Crippen LogP contribution in [0.5, 0.6) is 0 Å². The van der Waals surface area contributed by atoms with E-state index in [-0.39, 0.29) is 0 Å². The molecular weight excluding hydrogens is 313 g/mol. The summed E-state index contributed by atoms with van der Waals surface area (Å²) in [5, 5.41) is 10.3. The molecule has 0 aliphatic carbocycles. The lowest BCUT2D eigenvalue weighted by atomic mass is 10.0. The molecule has 0 spiro atoms. The summed E-state index contributed by atoms with van der Waals surface area (Å²) in [6, 6.07) is 9.79. The number of pyridine rings is 1. The van der Waals surface area contributed by atoms with Crippen molar-refractivity contribution in [2.45, 2.75) is 13.0 Å². The highest BCUT2D eigenvalue weighted by atomic mass is 127. The average molecular weight is 325 g/mol. The Labute approximate surface area is 108 Å². The van der Waals surface area contributed by atoms with Crippen LogP contribution in [0.15, 0.2) is 42.7 Å². The number of aryl methyl sites for hydroxylation is 1. The van der Waals surface area contributed by atoms with Gasteiger partial charge in [0.25, 0.3) is 0 Å². The van der Waals surface area contributed by atoms with Gasteiger partial charge in [-0.25, -0.2) is 0 Å². The van der Waals surface area contributed by atoms with Crippen LogP contribution in [-0.2, 0) is 0 Å². The zero-order valence-corrected chi connectivity index (χ0v) is 11.0. The second kappa shape index (κ2) is 4.93. The van der Waals surface area contributed by atoms with E-state index in [1.54, 1.807) is 12.4 Å². The van der Waals surface area contributed by atoms with Gasteiger partial charge in [-0.05, 0) is 46.7 Å². The normalized spacial score (nSPS) is 12.4. The zero-order chi connectivity index (χ0) is 11.5. The van der Waals surface area contributed by atoms with Gasteiger partial charge >= 0.3 is 0 Å². The van der Waals surface area contributed by atoms with Gasteiger partial charge < -0.3 is 5.11 Å². The molecule has 3 heteroatoms. The lowest BCUT2D eigenvalue weighted by molar-refractivity contribution is 0.219. The number of benzene rings is 1. The zero-order valence-electron chi connectivity index (χ0n) is 8.89. The maximum Gasteiger partial charge on any atom is 0.107 e. The van der Waals surface area contributed by atoms with Crippen molar-refractivity contribution in [1.29, 1.82) is 0 Å². The van der Waals surface area contributed by atoms with Crippen LogP contribution in [0.1, 0.15) is 22.8 Å². The van der Waals surface area contributed by atoms with E-state index in [2.05, 4.69) is 27.6 Å². The summed E-state index contributed by atoms with van der Waals surface area (Å²) in [4.78, 5) is 4.10. The summed E-state index contributed by atoms with van der Waals surface area (Å²) >= 11 is 2.23. The van der Waals surface area contributed by atoms with Crippen LogP contribution in [0.4, 0.5) is 0 Å². The van der Waals surface area contributed by atoms with Crippen LogP contribution >= 0.6 is 22.6 Å². The summed E-state index contributed by atoms with van der Waals surface area (Å²) in [6.07, 6.45) is 2.90. The predicted octanol–water partition coefficient (Wildman–Crippen LogP) is 3.08. The predicted molar refractivity (Wildman–Crippen MR) is 72.2 cm³/mol. The van der Waals surface area contributed by atoms with Gasteiger partial charge in [0.05, 0.1) is 0 Å². The quantitative estimate of drug-likeness (QED) is 0.861. The molecule has 2 nitrogen and oxygen atoms in total. The van der Waals surface area contributed by atoms with Crippen molar-refractivity contribution < 1.29 is 5.11 Å². The van der Waals surface area contributed by atoms with E-state index in [1.807, 2.05) is 37.3 Å². The molecule has 1 heterocycles. The number of aromatic nitrogens is 1. The van der Waals surface area contributed by atoms with E-state index < -0.39 is 6.10 Å². The Morgan fingerprint density at radius 3 is 2.69 bits per heavy atom. The topological polar surface area (TPSA) is 33.1 Å². The highest BCUT2D eigenvalue weighted by Gasteiger charge is 2.13. The Kier molecular flexibility index (Phi) is 3.56. The monoisotopic (exact) mass is 325 g/mol. The third-order valence-corrected chi connectivity index (χ3v) is 3.39. The molecule has 16 heavy (non-hydrogen) atoms. The fourth-order valence-corrected chi connectivity index (χ4v) is 2.29. The van der Waals surface area contributed by atoms with Gasteiger partial charge in [0.15, 0.2) is 0 Å². The Bertz CT molecular complexity index is 499. The SMILES string of the molecule is Cc1cncc(C(O)c2ccccc2I)c1. The lowest BCUT2D eigenvalue weighted by Gasteiger charge is -2.13. The summed E-state index contributed by atoms with van der Waals surface area (Å²) in [5.74, 6) is 0. The van der Waals surface area contributed by atoms with Gasteiger partial charge in [-0.2, -0.15) is 0 Å². The number of aliphatic hydroxyl groups is 1. The van der Waals surface area contributed by atoms with E-state index in [1.165, 1.54) is 0 Å². The first-order valence-corrected chi connectivity index (χ1v) is 6.10. The summed E-state index contributed by atoms with van der Waals surface area (Å²) in [7, 11) is 0. The van der Waals surface area contributed by atoms with Gasteiger partial charge in [0.2, 0.25) is 0 Å². The summed E-state index contributed by atoms with van der Waals surface area (Å²) in [5.41, 5.74) is 2.82. The van der Waals surface area contributed by atoms with Crippen molar-refractivity contribution in [3.8, 4) is 0 Å². The number of nitrogens with zero attached hydrogens (tertiary/aromatic N) is 1. The Balaban J connectivity index is 2.39. The van der Waals surface area contributed by atoms with Crippen molar-refractivity contribution in [3.05, 3.63) is 63.0 Å². The molecule has 2 rings (SSSR count). The third-order valence-electron chi connectivity index (χ3n) is 2.41. The van der Waals surface area contributed by atoms with Gasteiger partial charge in [-0.3, -0.25) is 4.98 Å². The van der Waals surface area contributed by atoms with Gasteiger partial charge in [0.1, 0.15) is 6.10 Å². The second-order valence-corrected chi connectivity index (χ2v) is 4.88. The number of hydrogen-bond donors (Lipinski definition) is 1. The minimum absolute atomic E-state index is 0.597. The van der Waals surface area contributed by atoms with E-state index >= 15 is 0 Å². The number of hydrogen-bond acceptors (Lipinski definition) is 2. The van der Waals surface area contributed by atoms with E-state index in [0.29, 0.717) is 0 Å². The first kappa shape index (κ1) is 11.5. The molecule has 0 saturated heterocycles. The van der Waals surface area contributed by atoms with E-state index in [4.69, 9.17) is 0 Å². The summed E-state index contributed by atoms with van der Waals surface area (Å²) in [6.45, 7) is 1.97.